The Balaban J connectivity index is 3.39. The van der Waals surface area contributed by atoms with E-state index in [0.717, 1.165) is 0 Å². The van der Waals surface area contributed by atoms with Crippen LogP contribution in [0.2, 0.25) is 19.6 Å². The third kappa shape index (κ3) is 2.27. The monoisotopic (exact) mass is 275 g/mol. The van der Waals surface area contributed by atoms with Crippen molar-refractivity contribution in [1.29, 1.82) is 0 Å². The summed E-state index contributed by atoms with van der Waals surface area (Å²) in [7, 11) is -1.77. The number of halogens is 2. The second kappa shape index (κ2) is 3.90. The lowest BCUT2D eigenvalue weighted by atomic mass is 10.3. The van der Waals surface area contributed by atoms with Crippen LogP contribution in [0, 0.1) is 5.95 Å². The van der Waals surface area contributed by atoms with Gasteiger partial charge in [0.1, 0.15) is 4.60 Å². The fourth-order valence-corrected chi connectivity index (χ4v) is 2.72. The summed E-state index contributed by atoms with van der Waals surface area (Å²) in [5, 5.41) is 0.586. The van der Waals surface area contributed by atoms with Gasteiger partial charge in [-0.15, -0.1) is 0 Å². The zero-order valence-electron chi connectivity index (χ0n) is 8.27. The number of hydrogen-bond donors (Lipinski definition) is 0. The van der Waals surface area contributed by atoms with E-state index < -0.39 is 14.0 Å². The van der Waals surface area contributed by atoms with E-state index in [9.17, 15) is 9.18 Å². The van der Waals surface area contributed by atoms with E-state index in [-0.39, 0.29) is 4.60 Å². The molecule has 0 N–H and O–H groups in total. The van der Waals surface area contributed by atoms with Crippen LogP contribution in [-0.2, 0) is 0 Å². The Kier molecular flexibility index (Phi) is 3.21. The Labute approximate surface area is 91.7 Å². The molecule has 0 atom stereocenters. The molecule has 0 saturated heterocycles. The van der Waals surface area contributed by atoms with E-state index in [1.54, 1.807) is 6.07 Å². The van der Waals surface area contributed by atoms with Gasteiger partial charge in [-0.1, -0.05) is 19.6 Å². The molecule has 76 valence electrons. The van der Waals surface area contributed by atoms with Crippen molar-refractivity contribution in [1.82, 2.24) is 4.98 Å². The first-order chi connectivity index (χ1) is 6.36. The summed E-state index contributed by atoms with van der Waals surface area (Å²) in [5.74, 6) is -0.471. The molecular formula is C9H11BrFNOSi. The lowest BCUT2D eigenvalue weighted by molar-refractivity contribution is 0.112. The summed E-state index contributed by atoms with van der Waals surface area (Å²) in [6, 6.07) is 1.59. The third-order valence-corrected chi connectivity index (χ3v) is 4.49. The van der Waals surface area contributed by atoms with E-state index in [0.29, 0.717) is 17.0 Å². The number of carbonyl (C=O) groups is 1. The van der Waals surface area contributed by atoms with E-state index in [2.05, 4.69) is 20.9 Å². The number of nitrogens with zero attached hydrogens (tertiary/aromatic N) is 1. The van der Waals surface area contributed by atoms with Crippen LogP contribution in [0.1, 0.15) is 10.4 Å². The van der Waals surface area contributed by atoms with Crippen LogP contribution in [0.5, 0.6) is 0 Å². The molecule has 0 aliphatic rings. The second-order valence-corrected chi connectivity index (χ2v) is 9.86. The first-order valence-corrected chi connectivity index (χ1v) is 8.47. The van der Waals surface area contributed by atoms with Crippen LogP contribution < -0.4 is 5.19 Å². The van der Waals surface area contributed by atoms with Crippen molar-refractivity contribution in [2.45, 2.75) is 19.6 Å². The van der Waals surface area contributed by atoms with Gasteiger partial charge in [0.05, 0.1) is 8.07 Å². The molecule has 5 heteroatoms. The summed E-state index contributed by atoms with van der Waals surface area (Å²) in [6.07, 6.45) is 0.681. The highest BCUT2D eigenvalue weighted by Gasteiger charge is 2.23. The van der Waals surface area contributed by atoms with Crippen LogP contribution >= 0.6 is 15.9 Å². The zero-order chi connectivity index (χ0) is 10.9. The highest BCUT2D eigenvalue weighted by molar-refractivity contribution is 9.10. The number of aldehydes is 1. The number of pyridine rings is 1. The fraction of sp³-hybridized carbons (Fsp3) is 0.333. The molecule has 1 heterocycles. The van der Waals surface area contributed by atoms with Crippen molar-refractivity contribution in [3.05, 3.63) is 22.2 Å². The molecule has 0 aliphatic carbocycles. The topological polar surface area (TPSA) is 30.0 Å². The van der Waals surface area contributed by atoms with Crippen LogP contribution in [0.15, 0.2) is 10.7 Å². The molecule has 0 fully saturated rings. The van der Waals surface area contributed by atoms with Gasteiger partial charge in [0.15, 0.2) is 6.29 Å². The maximum Gasteiger partial charge on any atom is 0.213 e. The SMILES string of the molecule is C[Si](C)(C)c1cc(C=O)c(Br)nc1F. The quantitative estimate of drug-likeness (QED) is 0.471. The zero-order valence-corrected chi connectivity index (χ0v) is 10.9. The first-order valence-electron chi connectivity index (χ1n) is 4.18. The average Bonchev–Trinajstić information content (AvgIpc) is 2.02. The van der Waals surface area contributed by atoms with Crippen LogP contribution in [-0.4, -0.2) is 19.3 Å². The van der Waals surface area contributed by atoms with Gasteiger partial charge in [-0.05, 0) is 27.2 Å². The molecule has 14 heavy (non-hydrogen) atoms. The van der Waals surface area contributed by atoms with Gasteiger partial charge in [0.25, 0.3) is 0 Å². The fourth-order valence-electron chi connectivity index (χ4n) is 1.09. The maximum absolute atomic E-state index is 13.4. The third-order valence-electron chi connectivity index (χ3n) is 1.89. The van der Waals surface area contributed by atoms with Crippen molar-refractivity contribution < 1.29 is 9.18 Å². The smallest absolute Gasteiger partial charge is 0.213 e. The summed E-state index contributed by atoms with van der Waals surface area (Å²) < 4.78 is 13.7. The Morgan fingerprint density at radius 2 is 2.07 bits per heavy atom. The van der Waals surface area contributed by atoms with Gasteiger partial charge in [0.2, 0.25) is 5.95 Å². The minimum Gasteiger partial charge on any atom is -0.298 e. The van der Waals surface area contributed by atoms with Gasteiger partial charge in [-0.3, -0.25) is 4.79 Å². The van der Waals surface area contributed by atoms with Gasteiger partial charge in [0, 0.05) is 5.56 Å². The van der Waals surface area contributed by atoms with Crippen LogP contribution in [0.3, 0.4) is 0 Å². The van der Waals surface area contributed by atoms with E-state index in [1.807, 2.05) is 19.6 Å². The molecule has 1 aromatic heterocycles. The Hall–Kier alpha value is -0.553. The number of hydrogen-bond acceptors (Lipinski definition) is 2. The van der Waals surface area contributed by atoms with Gasteiger partial charge in [-0.25, -0.2) is 4.98 Å². The minimum absolute atomic E-state index is 0.270. The second-order valence-electron chi connectivity index (χ2n) is 4.07. The van der Waals surface area contributed by atoms with E-state index in [4.69, 9.17) is 0 Å². The predicted octanol–water partition coefficient (Wildman–Crippen LogP) is 2.34. The lowest BCUT2D eigenvalue weighted by Crippen LogP contribution is -2.41. The molecule has 0 unspecified atom stereocenters. The normalized spacial score (nSPS) is 11.5. The molecule has 0 spiro atoms. The Morgan fingerprint density at radius 1 is 1.50 bits per heavy atom. The molecule has 0 aliphatic heterocycles. The standard InChI is InChI=1S/C9H11BrFNOSi/c1-14(2,3)7-4-6(5-13)8(10)12-9(7)11/h4-5H,1-3H3. The average molecular weight is 276 g/mol. The molecule has 1 rings (SSSR count). The van der Waals surface area contributed by atoms with Gasteiger partial charge < -0.3 is 0 Å². The summed E-state index contributed by atoms with van der Waals surface area (Å²) in [4.78, 5) is 14.3. The summed E-state index contributed by atoms with van der Waals surface area (Å²) >= 11 is 3.04. The van der Waals surface area contributed by atoms with Crippen LogP contribution in [0.4, 0.5) is 4.39 Å². The molecule has 0 saturated carbocycles. The van der Waals surface area contributed by atoms with Crippen molar-refractivity contribution in [2.75, 3.05) is 0 Å². The van der Waals surface area contributed by atoms with Crippen molar-refractivity contribution >= 4 is 35.5 Å². The molecular weight excluding hydrogens is 265 g/mol. The van der Waals surface area contributed by atoms with Gasteiger partial charge >= 0.3 is 0 Å². The maximum atomic E-state index is 13.4. The first kappa shape index (κ1) is 11.5. The van der Waals surface area contributed by atoms with E-state index >= 15 is 0 Å². The summed E-state index contributed by atoms with van der Waals surface area (Å²) in [6.45, 7) is 6.03. The highest BCUT2D eigenvalue weighted by Crippen LogP contribution is 2.14. The Bertz CT molecular complexity index is 376. The predicted molar refractivity (Wildman–Crippen MR) is 60.3 cm³/mol. The Morgan fingerprint density at radius 3 is 2.50 bits per heavy atom. The molecule has 1 aromatic rings. The van der Waals surface area contributed by atoms with Gasteiger partial charge in [-0.2, -0.15) is 4.39 Å². The summed E-state index contributed by atoms with van der Waals surface area (Å²) in [5.41, 5.74) is 0.406. The number of aromatic nitrogens is 1. The molecule has 0 radical (unpaired) electrons. The molecule has 0 amide bonds. The number of carbonyl (C=O) groups excluding carboxylic acids is 1. The van der Waals surface area contributed by atoms with Crippen LogP contribution in [0.25, 0.3) is 0 Å². The highest BCUT2D eigenvalue weighted by atomic mass is 79.9. The lowest BCUT2D eigenvalue weighted by Gasteiger charge is -2.17. The van der Waals surface area contributed by atoms with Crippen molar-refractivity contribution in [3.8, 4) is 0 Å². The van der Waals surface area contributed by atoms with Crippen molar-refractivity contribution in [2.24, 2.45) is 0 Å². The molecule has 0 aromatic carbocycles. The number of rotatable bonds is 2. The van der Waals surface area contributed by atoms with Crippen molar-refractivity contribution in [3.63, 3.8) is 0 Å². The minimum atomic E-state index is -1.77. The molecule has 0 bridgehead atoms. The van der Waals surface area contributed by atoms with E-state index in [1.165, 1.54) is 0 Å². The molecule has 2 nitrogen and oxygen atoms in total. The largest absolute Gasteiger partial charge is 0.298 e.